The van der Waals surface area contributed by atoms with Crippen molar-refractivity contribution in [1.29, 1.82) is 0 Å². The molecule has 0 saturated heterocycles. The van der Waals surface area contributed by atoms with E-state index in [0.29, 0.717) is 16.7 Å². The monoisotopic (exact) mass is 301 g/mol. The van der Waals surface area contributed by atoms with Crippen LogP contribution in [-0.4, -0.2) is 16.0 Å². The molecule has 114 valence electrons. The van der Waals surface area contributed by atoms with E-state index in [1.54, 1.807) is 43.3 Å². The third-order valence-corrected chi connectivity index (χ3v) is 3.21. The summed E-state index contributed by atoms with van der Waals surface area (Å²) in [5.41, 5.74) is 1.56. The van der Waals surface area contributed by atoms with Crippen LogP contribution in [0.25, 0.3) is 0 Å². The molecule has 0 saturated carbocycles. The highest BCUT2D eigenvalue weighted by Crippen LogP contribution is 2.22. The zero-order valence-corrected chi connectivity index (χ0v) is 11.9. The van der Waals surface area contributed by atoms with Crippen LogP contribution in [-0.2, 0) is 11.3 Å². The van der Waals surface area contributed by atoms with Crippen molar-refractivity contribution in [2.24, 2.45) is 0 Å². The molecule has 0 aliphatic carbocycles. The lowest BCUT2D eigenvalue weighted by atomic mass is 10.1. The van der Waals surface area contributed by atoms with E-state index in [1.165, 1.54) is 12.1 Å². The van der Waals surface area contributed by atoms with E-state index in [9.17, 15) is 14.9 Å². The topological polar surface area (TPSA) is 89.7 Å². The van der Waals surface area contributed by atoms with Gasteiger partial charge in [0.15, 0.2) is 0 Å². The second kappa shape index (κ2) is 6.82. The van der Waals surface area contributed by atoms with E-state index in [4.69, 9.17) is 9.84 Å². The molecule has 6 heteroatoms. The van der Waals surface area contributed by atoms with Gasteiger partial charge in [-0.2, -0.15) is 0 Å². The Morgan fingerprint density at radius 3 is 2.55 bits per heavy atom. The molecule has 22 heavy (non-hydrogen) atoms. The van der Waals surface area contributed by atoms with Gasteiger partial charge in [-0.1, -0.05) is 24.3 Å². The number of aliphatic hydroxyl groups excluding tert-OH is 1. The Morgan fingerprint density at radius 1 is 1.27 bits per heavy atom. The molecule has 0 amide bonds. The Labute approximate surface area is 127 Å². The van der Waals surface area contributed by atoms with E-state index in [1.807, 2.05) is 0 Å². The third kappa shape index (κ3) is 3.67. The highest BCUT2D eigenvalue weighted by atomic mass is 16.6. The summed E-state index contributed by atoms with van der Waals surface area (Å²) < 4.78 is 5.31. The second-order valence-corrected chi connectivity index (χ2v) is 4.75. The Bertz CT molecular complexity index is 681. The number of carbonyl (C=O) groups excluding carboxylic acids is 1. The van der Waals surface area contributed by atoms with Crippen molar-refractivity contribution in [2.75, 3.05) is 0 Å². The highest BCUT2D eigenvalue weighted by molar-refractivity contribution is 5.89. The predicted octanol–water partition coefficient (Wildman–Crippen LogP) is 3.01. The molecule has 2 aromatic carbocycles. The molecular weight excluding hydrogens is 286 g/mol. The van der Waals surface area contributed by atoms with Crippen molar-refractivity contribution in [3.05, 3.63) is 75.3 Å². The van der Waals surface area contributed by atoms with Crippen molar-refractivity contribution < 1.29 is 19.6 Å². The van der Waals surface area contributed by atoms with E-state index < -0.39 is 17.0 Å². The van der Waals surface area contributed by atoms with Gasteiger partial charge >= 0.3 is 5.97 Å². The fraction of sp³-hybridized carbons (Fsp3) is 0.188. The smallest absolute Gasteiger partial charge is 0.338 e. The zero-order valence-electron chi connectivity index (χ0n) is 11.9. The van der Waals surface area contributed by atoms with Crippen molar-refractivity contribution in [3.8, 4) is 0 Å². The van der Waals surface area contributed by atoms with Crippen LogP contribution in [0, 0.1) is 10.1 Å². The first kappa shape index (κ1) is 15.7. The van der Waals surface area contributed by atoms with Crippen LogP contribution in [0.4, 0.5) is 5.69 Å². The van der Waals surface area contributed by atoms with Gasteiger partial charge in [0.25, 0.3) is 5.69 Å². The molecule has 0 unspecified atom stereocenters. The fourth-order valence-electron chi connectivity index (χ4n) is 1.93. The van der Waals surface area contributed by atoms with Crippen LogP contribution in [0.15, 0.2) is 48.5 Å². The summed E-state index contributed by atoms with van der Waals surface area (Å²) in [6.07, 6.45) is -0.607. The van der Waals surface area contributed by atoms with Crippen molar-refractivity contribution in [3.63, 3.8) is 0 Å². The average molecular weight is 301 g/mol. The number of esters is 1. The Hall–Kier alpha value is -2.73. The van der Waals surface area contributed by atoms with Crippen molar-refractivity contribution >= 4 is 11.7 Å². The van der Waals surface area contributed by atoms with Gasteiger partial charge < -0.3 is 9.84 Å². The van der Waals surface area contributed by atoms with E-state index in [0.717, 1.165) is 0 Å². The molecule has 0 radical (unpaired) electrons. The number of nitro groups is 1. The zero-order chi connectivity index (χ0) is 16.1. The number of hydrogen-bond donors (Lipinski definition) is 1. The largest absolute Gasteiger partial charge is 0.454 e. The molecule has 1 N–H and O–H groups in total. The van der Waals surface area contributed by atoms with Gasteiger partial charge in [0.05, 0.1) is 17.1 Å². The quantitative estimate of drug-likeness (QED) is 0.521. The molecule has 0 aromatic heterocycles. The summed E-state index contributed by atoms with van der Waals surface area (Å²) in [5, 5.41) is 19.7. The number of benzene rings is 2. The van der Waals surface area contributed by atoms with E-state index in [2.05, 4.69) is 0 Å². The van der Waals surface area contributed by atoms with Crippen LogP contribution in [0.3, 0.4) is 0 Å². The number of hydrogen-bond acceptors (Lipinski definition) is 5. The molecule has 1 atom stereocenters. The Balaban J connectivity index is 2.10. The highest BCUT2D eigenvalue weighted by Gasteiger charge is 2.16. The van der Waals surface area contributed by atoms with Crippen LogP contribution < -0.4 is 0 Å². The lowest BCUT2D eigenvalue weighted by Crippen LogP contribution is -2.09. The number of ether oxygens (including phenoxy) is 1. The van der Waals surface area contributed by atoms with Gasteiger partial charge in [-0.15, -0.1) is 0 Å². The summed E-state index contributed by atoms with van der Waals surface area (Å²) in [4.78, 5) is 22.3. The molecule has 0 aliphatic rings. The third-order valence-electron chi connectivity index (χ3n) is 3.21. The number of aliphatic hydroxyl groups is 1. The molecule has 2 aromatic rings. The Morgan fingerprint density at radius 2 is 1.95 bits per heavy atom. The van der Waals surface area contributed by atoms with Gasteiger partial charge in [0.1, 0.15) is 6.10 Å². The summed E-state index contributed by atoms with van der Waals surface area (Å²) >= 11 is 0. The minimum Gasteiger partial charge on any atom is -0.454 e. The SMILES string of the molecule is C[C@H](OC(=O)c1ccc(CO)cc1)c1cccc([N+](=O)[O-])c1. The first-order valence-corrected chi connectivity index (χ1v) is 6.66. The van der Waals surface area contributed by atoms with E-state index in [-0.39, 0.29) is 12.3 Å². The van der Waals surface area contributed by atoms with Gasteiger partial charge in [0, 0.05) is 12.1 Å². The normalized spacial score (nSPS) is 11.7. The predicted molar refractivity (Wildman–Crippen MR) is 79.3 cm³/mol. The van der Waals surface area contributed by atoms with Crippen molar-refractivity contribution in [1.82, 2.24) is 0 Å². The summed E-state index contributed by atoms with van der Waals surface area (Å²) in [6, 6.07) is 12.4. The van der Waals surface area contributed by atoms with Crippen LogP contribution in [0.5, 0.6) is 0 Å². The number of nitrogens with zero attached hydrogens (tertiary/aromatic N) is 1. The summed E-state index contributed by atoms with van der Waals surface area (Å²) in [7, 11) is 0. The van der Waals surface area contributed by atoms with Crippen LogP contribution in [0.2, 0.25) is 0 Å². The number of non-ortho nitro benzene ring substituents is 1. The maximum absolute atomic E-state index is 12.0. The van der Waals surface area contributed by atoms with E-state index >= 15 is 0 Å². The maximum atomic E-state index is 12.0. The molecule has 6 nitrogen and oxygen atoms in total. The minimum absolute atomic E-state index is 0.0484. The van der Waals surface area contributed by atoms with Crippen LogP contribution >= 0.6 is 0 Å². The molecule has 0 aliphatic heterocycles. The number of nitro benzene ring substituents is 1. The number of rotatable bonds is 5. The lowest BCUT2D eigenvalue weighted by molar-refractivity contribution is -0.385. The second-order valence-electron chi connectivity index (χ2n) is 4.75. The van der Waals surface area contributed by atoms with Gasteiger partial charge in [0.2, 0.25) is 0 Å². The Kier molecular flexibility index (Phi) is 4.85. The van der Waals surface area contributed by atoms with Crippen molar-refractivity contribution in [2.45, 2.75) is 19.6 Å². The first-order chi connectivity index (χ1) is 10.5. The fourth-order valence-corrected chi connectivity index (χ4v) is 1.93. The first-order valence-electron chi connectivity index (χ1n) is 6.66. The van der Waals surface area contributed by atoms with Gasteiger partial charge in [-0.05, 0) is 30.2 Å². The molecular formula is C16H15NO5. The molecule has 0 spiro atoms. The molecule has 0 bridgehead atoms. The average Bonchev–Trinajstić information content (AvgIpc) is 2.54. The van der Waals surface area contributed by atoms with Gasteiger partial charge in [-0.3, -0.25) is 10.1 Å². The van der Waals surface area contributed by atoms with Gasteiger partial charge in [-0.25, -0.2) is 4.79 Å². The maximum Gasteiger partial charge on any atom is 0.338 e. The number of carbonyl (C=O) groups is 1. The standard InChI is InChI=1S/C16H15NO5/c1-11(14-3-2-4-15(9-14)17(20)21)22-16(19)13-7-5-12(10-18)6-8-13/h2-9,11,18H,10H2,1H3/t11-/m0/s1. The summed E-state index contributed by atoms with van der Waals surface area (Å²) in [5.74, 6) is -0.525. The molecule has 0 heterocycles. The molecule has 0 fully saturated rings. The summed E-state index contributed by atoms with van der Waals surface area (Å²) in [6.45, 7) is 1.55. The molecule has 2 rings (SSSR count). The van der Waals surface area contributed by atoms with Crippen LogP contribution in [0.1, 0.15) is 34.5 Å². The minimum atomic E-state index is -0.607. The lowest BCUT2D eigenvalue weighted by Gasteiger charge is -2.13.